The molecule has 0 bridgehead atoms. The Labute approximate surface area is 140 Å². The molecule has 3 rings (SSSR count). The smallest absolute Gasteiger partial charge is 0.224 e. The molecule has 3 heteroatoms. The van der Waals surface area contributed by atoms with Crippen LogP contribution in [0.2, 0.25) is 0 Å². The van der Waals surface area contributed by atoms with Gasteiger partial charge >= 0.3 is 0 Å². The molecule has 1 saturated carbocycles. The number of benzene rings is 1. The molecule has 23 heavy (non-hydrogen) atoms. The van der Waals surface area contributed by atoms with Gasteiger partial charge in [-0.15, -0.1) is 0 Å². The van der Waals surface area contributed by atoms with Gasteiger partial charge in [-0.05, 0) is 56.7 Å². The van der Waals surface area contributed by atoms with Crippen molar-refractivity contribution in [2.75, 3.05) is 19.6 Å². The number of rotatable bonds is 5. The Morgan fingerprint density at radius 2 is 2.00 bits per heavy atom. The Bertz CT molecular complexity index is 549. The molecule has 1 aromatic carbocycles. The highest BCUT2D eigenvalue weighted by molar-refractivity contribution is 5.79. The topological polar surface area (TPSA) is 32.3 Å². The predicted molar refractivity (Wildman–Crippen MR) is 94.6 cm³/mol. The molecule has 1 aliphatic carbocycles. The molecular weight excluding hydrogens is 284 g/mol. The van der Waals surface area contributed by atoms with Crippen molar-refractivity contribution in [1.82, 2.24) is 10.2 Å². The normalized spacial score (nSPS) is 22.6. The first-order valence-corrected chi connectivity index (χ1v) is 9.18. The highest BCUT2D eigenvalue weighted by atomic mass is 16.1. The molecule has 1 atom stereocenters. The van der Waals surface area contributed by atoms with Crippen molar-refractivity contribution >= 4 is 5.91 Å². The second kappa shape index (κ2) is 7.48. The number of hydrogen-bond acceptors (Lipinski definition) is 2. The Balaban J connectivity index is 1.43. The predicted octanol–water partition coefficient (Wildman–Crippen LogP) is 3.23. The van der Waals surface area contributed by atoms with Crippen molar-refractivity contribution in [3.8, 4) is 0 Å². The Morgan fingerprint density at radius 3 is 2.78 bits per heavy atom. The molecule has 0 unspecified atom stereocenters. The minimum absolute atomic E-state index is 0.165. The van der Waals surface area contributed by atoms with Crippen LogP contribution in [0.15, 0.2) is 18.2 Å². The number of amides is 1. The third kappa shape index (κ3) is 4.35. The lowest BCUT2D eigenvalue weighted by molar-refractivity contribution is -0.120. The van der Waals surface area contributed by atoms with Gasteiger partial charge in [0.05, 0.1) is 6.42 Å². The standard InChI is InChI=1S/C20H30N2O/c1-15-7-8-16(2)18(11-15)12-20(23)21-13-17-9-10-22(14-17)19-5-3-4-6-19/h7-8,11,17,19H,3-6,9-10,12-14H2,1-2H3,(H,21,23)/t17-/m1/s1. The van der Waals surface area contributed by atoms with Crippen LogP contribution in [0.3, 0.4) is 0 Å². The van der Waals surface area contributed by atoms with E-state index in [1.54, 1.807) is 0 Å². The number of carbonyl (C=O) groups excluding carboxylic acids is 1. The lowest BCUT2D eigenvalue weighted by atomic mass is 10.0. The monoisotopic (exact) mass is 314 g/mol. The quantitative estimate of drug-likeness (QED) is 0.905. The highest BCUT2D eigenvalue weighted by Crippen LogP contribution is 2.28. The van der Waals surface area contributed by atoms with Crippen LogP contribution in [0.5, 0.6) is 0 Å². The maximum atomic E-state index is 12.2. The average molecular weight is 314 g/mol. The van der Waals surface area contributed by atoms with Gasteiger partial charge in [0.1, 0.15) is 0 Å². The summed E-state index contributed by atoms with van der Waals surface area (Å²) < 4.78 is 0. The number of hydrogen-bond donors (Lipinski definition) is 1. The maximum Gasteiger partial charge on any atom is 0.224 e. The second-order valence-electron chi connectivity index (χ2n) is 7.50. The van der Waals surface area contributed by atoms with Crippen molar-refractivity contribution in [1.29, 1.82) is 0 Å². The summed E-state index contributed by atoms with van der Waals surface area (Å²) in [6.07, 6.45) is 7.31. The molecule has 1 N–H and O–H groups in total. The number of carbonyl (C=O) groups is 1. The number of aryl methyl sites for hydroxylation is 2. The summed E-state index contributed by atoms with van der Waals surface area (Å²) in [7, 11) is 0. The van der Waals surface area contributed by atoms with Crippen LogP contribution in [0.25, 0.3) is 0 Å². The lowest BCUT2D eigenvalue weighted by Crippen LogP contribution is -2.34. The van der Waals surface area contributed by atoms with E-state index in [-0.39, 0.29) is 5.91 Å². The molecule has 1 heterocycles. The molecule has 0 spiro atoms. The van der Waals surface area contributed by atoms with Gasteiger partial charge < -0.3 is 10.2 Å². The zero-order valence-electron chi connectivity index (χ0n) is 14.6. The summed E-state index contributed by atoms with van der Waals surface area (Å²) >= 11 is 0. The summed E-state index contributed by atoms with van der Waals surface area (Å²) in [5.41, 5.74) is 3.59. The van der Waals surface area contributed by atoms with Gasteiger partial charge in [-0.3, -0.25) is 4.79 Å². The van der Waals surface area contributed by atoms with Crippen molar-refractivity contribution < 1.29 is 4.79 Å². The van der Waals surface area contributed by atoms with E-state index >= 15 is 0 Å². The molecule has 0 radical (unpaired) electrons. The fraction of sp³-hybridized carbons (Fsp3) is 0.650. The van der Waals surface area contributed by atoms with E-state index in [2.05, 4.69) is 42.3 Å². The Hall–Kier alpha value is -1.35. The van der Waals surface area contributed by atoms with Gasteiger partial charge in [-0.1, -0.05) is 36.6 Å². The Kier molecular flexibility index (Phi) is 5.37. The van der Waals surface area contributed by atoms with Crippen LogP contribution in [0.1, 0.15) is 48.8 Å². The molecule has 126 valence electrons. The van der Waals surface area contributed by atoms with E-state index in [1.165, 1.54) is 56.3 Å². The van der Waals surface area contributed by atoms with Crippen LogP contribution in [0.4, 0.5) is 0 Å². The first-order valence-electron chi connectivity index (χ1n) is 9.18. The SMILES string of the molecule is Cc1ccc(C)c(CC(=O)NC[C@H]2CCN(C3CCCC3)C2)c1. The van der Waals surface area contributed by atoms with Gasteiger partial charge in [0.25, 0.3) is 0 Å². The van der Waals surface area contributed by atoms with E-state index in [0.717, 1.165) is 18.2 Å². The molecule has 1 amide bonds. The minimum atomic E-state index is 0.165. The maximum absolute atomic E-state index is 12.2. The van der Waals surface area contributed by atoms with Crippen molar-refractivity contribution in [3.63, 3.8) is 0 Å². The van der Waals surface area contributed by atoms with Gasteiger partial charge in [-0.25, -0.2) is 0 Å². The van der Waals surface area contributed by atoms with Crippen molar-refractivity contribution in [2.24, 2.45) is 5.92 Å². The fourth-order valence-electron chi connectivity index (χ4n) is 4.11. The van der Waals surface area contributed by atoms with Crippen LogP contribution in [0, 0.1) is 19.8 Å². The first-order chi connectivity index (χ1) is 11.1. The van der Waals surface area contributed by atoms with Crippen LogP contribution in [-0.2, 0) is 11.2 Å². The molecule has 0 aromatic heterocycles. The van der Waals surface area contributed by atoms with Gasteiger partial charge in [0.2, 0.25) is 5.91 Å². The van der Waals surface area contributed by atoms with Crippen molar-refractivity contribution in [3.05, 3.63) is 34.9 Å². The molecule has 2 aliphatic rings. The van der Waals surface area contributed by atoms with E-state index in [1.807, 2.05) is 0 Å². The zero-order valence-corrected chi connectivity index (χ0v) is 14.6. The molecule has 1 aliphatic heterocycles. The second-order valence-corrected chi connectivity index (χ2v) is 7.50. The fourth-order valence-corrected chi connectivity index (χ4v) is 4.11. The van der Waals surface area contributed by atoms with E-state index in [4.69, 9.17) is 0 Å². The van der Waals surface area contributed by atoms with E-state index in [9.17, 15) is 4.79 Å². The molecule has 1 aromatic rings. The van der Waals surface area contributed by atoms with Gasteiger partial charge in [0.15, 0.2) is 0 Å². The van der Waals surface area contributed by atoms with Crippen molar-refractivity contribution in [2.45, 2.75) is 58.4 Å². The largest absolute Gasteiger partial charge is 0.355 e. The Morgan fingerprint density at radius 1 is 1.22 bits per heavy atom. The number of nitrogens with one attached hydrogen (secondary N) is 1. The third-order valence-electron chi connectivity index (χ3n) is 5.60. The van der Waals surface area contributed by atoms with Crippen LogP contribution >= 0.6 is 0 Å². The molecule has 2 fully saturated rings. The molecular formula is C20H30N2O. The van der Waals surface area contributed by atoms with Gasteiger partial charge in [0, 0.05) is 19.1 Å². The third-order valence-corrected chi connectivity index (χ3v) is 5.60. The summed E-state index contributed by atoms with van der Waals surface area (Å²) in [5, 5.41) is 3.17. The summed E-state index contributed by atoms with van der Waals surface area (Å²) in [6.45, 7) is 7.40. The summed E-state index contributed by atoms with van der Waals surface area (Å²) in [5.74, 6) is 0.802. The number of nitrogens with zero attached hydrogens (tertiary/aromatic N) is 1. The van der Waals surface area contributed by atoms with Gasteiger partial charge in [-0.2, -0.15) is 0 Å². The molecule has 1 saturated heterocycles. The summed E-state index contributed by atoms with van der Waals surface area (Å²) in [6, 6.07) is 7.17. The highest BCUT2D eigenvalue weighted by Gasteiger charge is 2.29. The zero-order chi connectivity index (χ0) is 16.2. The van der Waals surface area contributed by atoms with Crippen LogP contribution < -0.4 is 5.32 Å². The number of likely N-dealkylation sites (tertiary alicyclic amines) is 1. The van der Waals surface area contributed by atoms with E-state index < -0.39 is 0 Å². The van der Waals surface area contributed by atoms with Crippen LogP contribution in [-0.4, -0.2) is 36.5 Å². The minimum Gasteiger partial charge on any atom is -0.355 e. The summed E-state index contributed by atoms with van der Waals surface area (Å²) in [4.78, 5) is 14.9. The average Bonchev–Trinajstić information content (AvgIpc) is 3.19. The lowest BCUT2D eigenvalue weighted by Gasteiger charge is -2.23. The molecule has 3 nitrogen and oxygen atoms in total. The first kappa shape index (κ1) is 16.5. The van der Waals surface area contributed by atoms with E-state index in [0.29, 0.717) is 12.3 Å².